The molecule has 0 aliphatic heterocycles. The highest BCUT2D eigenvalue weighted by Crippen LogP contribution is 2.21. The quantitative estimate of drug-likeness (QED) is 0.814. The number of hydrogen-bond donors (Lipinski definition) is 2. The molecule has 7 heteroatoms. The molecule has 2 aromatic rings. The van der Waals surface area contributed by atoms with E-state index in [1.54, 1.807) is 18.2 Å². The maximum atomic E-state index is 11.8. The number of amides is 2. The Morgan fingerprint density at radius 2 is 1.90 bits per heavy atom. The summed E-state index contributed by atoms with van der Waals surface area (Å²) in [4.78, 5) is 28.7. The number of benzene rings is 1. The third kappa shape index (κ3) is 3.64. The Morgan fingerprint density at radius 1 is 1.20 bits per heavy atom. The number of aromatic nitrogens is 1. The van der Waals surface area contributed by atoms with Gasteiger partial charge >= 0.3 is 11.8 Å². The van der Waals surface area contributed by atoms with E-state index in [2.05, 4.69) is 31.5 Å². The fraction of sp³-hybridized carbons (Fsp3) is 0.154. The van der Waals surface area contributed by atoms with Gasteiger partial charge in [0.1, 0.15) is 0 Å². The normalized spacial score (nSPS) is 10.2. The summed E-state index contributed by atoms with van der Waals surface area (Å²) in [7, 11) is 0. The molecule has 0 aliphatic rings. The van der Waals surface area contributed by atoms with Gasteiger partial charge in [0.15, 0.2) is 5.13 Å². The van der Waals surface area contributed by atoms with Crippen LogP contribution in [-0.4, -0.2) is 16.8 Å². The number of carbonyl (C=O) groups excluding carboxylic acids is 2. The molecular weight excluding hydrogens is 342 g/mol. The number of rotatable bonds is 2. The van der Waals surface area contributed by atoms with Crippen LogP contribution in [0.25, 0.3) is 0 Å². The first kappa shape index (κ1) is 14.7. The van der Waals surface area contributed by atoms with Crippen molar-refractivity contribution in [3.05, 3.63) is 39.3 Å². The highest BCUT2D eigenvalue weighted by Gasteiger charge is 2.16. The van der Waals surface area contributed by atoms with E-state index in [-0.39, 0.29) is 0 Å². The highest BCUT2D eigenvalue weighted by atomic mass is 79.9. The summed E-state index contributed by atoms with van der Waals surface area (Å²) in [6, 6.07) is 7.01. The Kier molecular flexibility index (Phi) is 4.51. The second-order valence-electron chi connectivity index (χ2n) is 4.08. The predicted molar refractivity (Wildman–Crippen MR) is 83.0 cm³/mol. The van der Waals surface area contributed by atoms with Crippen LogP contribution in [0.1, 0.15) is 10.6 Å². The smallest absolute Gasteiger partial charge is 0.315 e. The van der Waals surface area contributed by atoms with Crippen molar-refractivity contribution >= 4 is 49.9 Å². The maximum absolute atomic E-state index is 11.8. The van der Waals surface area contributed by atoms with Gasteiger partial charge in [0.25, 0.3) is 0 Å². The number of aryl methyl sites for hydroxylation is 2. The number of carbonyl (C=O) groups is 2. The molecule has 0 saturated heterocycles. The van der Waals surface area contributed by atoms with E-state index in [0.717, 1.165) is 15.0 Å². The molecule has 0 bridgehead atoms. The summed E-state index contributed by atoms with van der Waals surface area (Å²) in [6.07, 6.45) is 0. The van der Waals surface area contributed by atoms with Crippen molar-refractivity contribution in [3.8, 4) is 0 Å². The molecule has 104 valence electrons. The molecule has 5 nitrogen and oxygen atoms in total. The van der Waals surface area contributed by atoms with Crippen LogP contribution in [0, 0.1) is 13.8 Å². The van der Waals surface area contributed by atoms with Crippen molar-refractivity contribution in [2.45, 2.75) is 13.8 Å². The predicted octanol–water partition coefficient (Wildman–Crippen LogP) is 3.10. The van der Waals surface area contributed by atoms with Crippen molar-refractivity contribution in [1.29, 1.82) is 0 Å². The maximum Gasteiger partial charge on any atom is 0.315 e. The number of halogens is 1. The Hall–Kier alpha value is -1.73. The van der Waals surface area contributed by atoms with Gasteiger partial charge in [-0.3, -0.25) is 14.9 Å². The van der Waals surface area contributed by atoms with Crippen LogP contribution >= 0.6 is 27.3 Å². The minimum atomic E-state index is -0.737. The number of nitrogens with one attached hydrogen (secondary N) is 2. The van der Waals surface area contributed by atoms with Crippen LogP contribution in [0.5, 0.6) is 0 Å². The Morgan fingerprint density at radius 3 is 2.50 bits per heavy atom. The van der Waals surface area contributed by atoms with E-state index in [4.69, 9.17) is 0 Å². The fourth-order valence-corrected chi connectivity index (χ4v) is 2.64. The van der Waals surface area contributed by atoms with Gasteiger partial charge in [0.2, 0.25) is 0 Å². The van der Waals surface area contributed by atoms with Gasteiger partial charge in [-0.2, -0.15) is 0 Å². The molecule has 0 unspecified atom stereocenters. The molecule has 0 fully saturated rings. The molecular formula is C13H12BrN3O2S. The van der Waals surface area contributed by atoms with Gasteiger partial charge in [-0.05, 0) is 32.0 Å². The zero-order chi connectivity index (χ0) is 14.7. The van der Waals surface area contributed by atoms with Crippen LogP contribution in [0.4, 0.5) is 10.8 Å². The largest absolute Gasteiger partial charge is 0.318 e. The summed E-state index contributed by atoms with van der Waals surface area (Å²) in [5, 5.41) is 5.43. The topological polar surface area (TPSA) is 71.1 Å². The summed E-state index contributed by atoms with van der Waals surface area (Å²) >= 11 is 4.63. The van der Waals surface area contributed by atoms with Crippen LogP contribution in [-0.2, 0) is 9.59 Å². The van der Waals surface area contributed by atoms with E-state index >= 15 is 0 Å². The van der Waals surface area contributed by atoms with Gasteiger partial charge in [0.05, 0.1) is 5.69 Å². The molecule has 0 saturated carbocycles. The average Bonchev–Trinajstić information content (AvgIpc) is 2.68. The van der Waals surface area contributed by atoms with Crippen molar-refractivity contribution in [2.75, 3.05) is 10.6 Å². The van der Waals surface area contributed by atoms with E-state index in [0.29, 0.717) is 10.8 Å². The second kappa shape index (κ2) is 6.15. The highest BCUT2D eigenvalue weighted by molar-refractivity contribution is 9.10. The van der Waals surface area contributed by atoms with Crippen molar-refractivity contribution in [1.82, 2.24) is 4.98 Å². The molecule has 20 heavy (non-hydrogen) atoms. The first-order chi connectivity index (χ1) is 9.45. The molecule has 2 N–H and O–H groups in total. The van der Waals surface area contributed by atoms with Crippen LogP contribution in [0.15, 0.2) is 28.7 Å². The lowest BCUT2D eigenvalue weighted by Gasteiger charge is -2.04. The molecule has 1 aromatic heterocycles. The van der Waals surface area contributed by atoms with Crippen molar-refractivity contribution < 1.29 is 9.59 Å². The monoisotopic (exact) mass is 353 g/mol. The average molecular weight is 354 g/mol. The molecule has 0 atom stereocenters. The lowest BCUT2D eigenvalue weighted by atomic mass is 10.3. The Balaban J connectivity index is 2.00. The van der Waals surface area contributed by atoms with E-state index < -0.39 is 11.8 Å². The van der Waals surface area contributed by atoms with E-state index in [9.17, 15) is 9.59 Å². The number of anilines is 2. The summed E-state index contributed by atoms with van der Waals surface area (Å²) in [5.41, 5.74) is 1.39. The SMILES string of the molecule is Cc1nc(NC(=O)C(=O)Nc2cccc(Br)c2)sc1C. The standard InChI is InChI=1S/C13H12BrN3O2S/c1-7-8(2)20-13(15-7)17-12(19)11(18)16-10-5-3-4-9(14)6-10/h3-6H,1-2H3,(H,16,18)(H,15,17,19). The number of hydrogen-bond acceptors (Lipinski definition) is 4. The van der Waals surface area contributed by atoms with Crippen LogP contribution < -0.4 is 10.6 Å². The fourth-order valence-electron chi connectivity index (χ4n) is 1.43. The third-order valence-electron chi connectivity index (χ3n) is 2.54. The molecule has 0 spiro atoms. The zero-order valence-electron chi connectivity index (χ0n) is 10.9. The molecule has 0 radical (unpaired) electrons. The van der Waals surface area contributed by atoms with Crippen LogP contribution in [0.3, 0.4) is 0 Å². The summed E-state index contributed by atoms with van der Waals surface area (Å²) in [6.45, 7) is 3.76. The number of nitrogens with zero attached hydrogens (tertiary/aromatic N) is 1. The zero-order valence-corrected chi connectivity index (χ0v) is 13.3. The lowest BCUT2D eigenvalue weighted by Crippen LogP contribution is -2.29. The molecule has 2 amide bonds. The van der Waals surface area contributed by atoms with E-state index in [1.807, 2.05) is 19.9 Å². The van der Waals surface area contributed by atoms with Gasteiger partial charge in [-0.15, -0.1) is 11.3 Å². The Bertz CT molecular complexity index is 650. The molecule has 1 heterocycles. The molecule has 2 rings (SSSR count). The minimum absolute atomic E-state index is 0.425. The van der Waals surface area contributed by atoms with Gasteiger partial charge < -0.3 is 5.32 Å². The van der Waals surface area contributed by atoms with Gasteiger partial charge in [-0.25, -0.2) is 4.98 Å². The first-order valence-corrected chi connectivity index (χ1v) is 7.38. The van der Waals surface area contributed by atoms with Crippen molar-refractivity contribution in [2.24, 2.45) is 0 Å². The minimum Gasteiger partial charge on any atom is -0.318 e. The number of thiazole rings is 1. The lowest BCUT2D eigenvalue weighted by molar-refractivity contribution is -0.132. The summed E-state index contributed by atoms with van der Waals surface area (Å²) in [5.74, 6) is -1.47. The van der Waals surface area contributed by atoms with Crippen LogP contribution in [0.2, 0.25) is 0 Å². The molecule has 1 aromatic carbocycles. The van der Waals surface area contributed by atoms with Gasteiger partial charge in [-0.1, -0.05) is 22.0 Å². The van der Waals surface area contributed by atoms with Crippen molar-refractivity contribution in [3.63, 3.8) is 0 Å². The third-order valence-corrected chi connectivity index (χ3v) is 4.02. The van der Waals surface area contributed by atoms with E-state index in [1.165, 1.54) is 11.3 Å². The summed E-state index contributed by atoms with van der Waals surface area (Å²) < 4.78 is 0.821. The molecule has 0 aliphatic carbocycles. The Labute approximate surface area is 128 Å². The first-order valence-electron chi connectivity index (χ1n) is 5.77. The second-order valence-corrected chi connectivity index (χ2v) is 6.20. The van der Waals surface area contributed by atoms with Gasteiger partial charge in [0, 0.05) is 15.0 Å².